The zero-order valence-corrected chi connectivity index (χ0v) is 13.5. The minimum atomic E-state index is 0.117. The van der Waals surface area contributed by atoms with E-state index in [4.69, 9.17) is 4.74 Å². The third kappa shape index (κ3) is 4.05. The molecular formula is C18H24N2O. The molecule has 0 bridgehead atoms. The largest absolute Gasteiger partial charge is 0.489 e. The summed E-state index contributed by atoms with van der Waals surface area (Å²) in [5.74, 6) is 0.812. The molecule has 1 unspecified atom stereocenters. The molecule has 112 valence electrons. The Hall–Kier alpha value is -1.87. The fourth-order valence-electron chi connectivity index (χ4n) is 2.63. The second kappa shape index (κ2) is 6.72. The first kappa shape index (κ1) is 15.5. The van der Waals surface area contributed by atoms with Gasteiger partial charge in [-0.3, -0.25) is 4.98 Å². The molecule has 3 heteroatoms. The van der Waals surface area contributed by atoms with Gasteiger partial charge in [0, 0.05) is 6.20 Å². The minimum absolute atomic E-state index is 0.117. The molecule has 0 spiro atoms. The van der Waals surface area contributed by atoms with E-state index in [9.17, 15) is 0 Å². The highest BCUT2D eigenvalue weighted by atomic mass is 16.5. The smallest absolute Gasteiger partial charge is 0.138 e. The van der Waals surface area contributed by atoms with E-state index in [2.05, 4.69) is 48.4 Å². The summed E-state index contributed by atoms with van der Waals surface area (Å²) in [7, 11) is 1.97. The molecule has 0 aliphatic rings. The SMILES string of the molecule is CNC(c1cc(C)cc(C)c1)c1cncc(OC(C)C)c1. The van der Waals surface area contributed by atoms with Crippen LogP contribution in [0.4, 0.5) is 0 Å². The molecule has 1 aromatic heterocycles. The molecule has 0 aliphatic heterocycles. The Morgan fingerprint density at radius 1 is 0.952 bits per heavy atom. The van der Waals surface area contributed by atoms with Gasteiger partial charge in [0.05, 0.1) is 18.3 Å². The summed E-state index contributed by atoms with van der Waals surface area (Å²) in [6.45, 7) is 8.29. The highest BCUT2D eigenvalue weighted by Gasteiger charge is 2.14. The van der Waals surface area contributed by atoms with Crippen LogP contribution in [-0.4, -0.2) is 18.1 Å². The number of nitrogens with one attached hydrogen (secondary N) is 1. The van der Waals surface area contributed by atoms with E-state index in [1.807, 2.05) is 27.1 Å². The van der Waals surface area contributed by atoms with Crippen LogP contribution in [0.25, 0.3) is 0 Å². The van der Waals surface area contributed by atoms with Gasteiger partial charge in [-0.25, -0.2) is 0 Å². The summed E-state index contributed by atoms with van der Waals surface area (Å²) >= 11 is 0. The van der Waals surface area contributed by atoms with E-state index in [1.165, 1.54) is 16.7 Å². The van der Waals surface area contributed by atoms with E-state index in [0.717, 1.165) is 11.3 Å². The number of hydrogen-bond donors (Lipinski definition) is 1. The summed E-state index contributed by atoms with van der Waals surface area (Å²) in [5.41, 5.74) is 4.90. The van der Waals surface area contributed by atoms with E-state index in [0.29, 0.717) is 0 Å². The highest BCUT2D eigenvalue weighted by molar-refractivity contribution is 5.38. The van der Waals surface area contributed by atoms with Gasteiger partial charge in [0.2, 0.25) is 0 Å². The monoisotopic (exact) mass is 284 g/mol. The van der Waals surface area contributed by atoms with Crippen LogP contribution in [0, 0.1) is 13.8 Å². The summed E-state index contributed by atoms with van der Waals surface area (Å²) < 4.78 is 5.74. The first-order valence-electron chi connectivity index (χ1n) is 7.36. The van der Waals surface area contributed by atoms with Crippen LogP contribution in [0.5, 0.6) is 5.75 Å². The van der Waals surface area contributed by atoms with Crippen LogP contribution in [0.15, 0.2) is 36.7 Å². The van der Waals surface area contributed by atoms with Crippen LogP contribution in [0.3, 0.4) is 0 Å². The van der Waals surface area contributed by atoms with Crippen LogP contribution in [-0.2, 0) is 0 Å². The lowest BCUT2D eigenvalue weighted by molar-refractivity contribution is 0.241. The molecule has 1 aromatic carbocycles. The number of hydrogen-bond acceptors (Lipinski definition) is 3. The van der Waals surface area contributed by atoms with Crippen molar-refractivity contribution < 1.29 is 4.74 Å². The van der Waals surface area contributed by atoms with Crippen molar-refractivity contribution in [1.29, 1.82) is 0 Å². The predicted molar refractivity (Wildman–Crippen MR) is 86.8 cm³/mol. The molecule has 0 saturated carbocycles. The summed E-state index contributed by atoms with van der Waals surface area (Å²) in [6.07, 6.45) is 3.81. The fraction of sp³-hybridized carbons (Fsp3) is 0.389. The normalized spacial score (nSPS) is 12.5. The Kier molecular flexibility index (Phi) is 4.97. The van der Waals surface area contributed by atoms with Crippen LogP contribution in [0.2, 0.25) is 0 Å². The Morgan fingerprint density at radius 2 is 1.62 bits per heavy atom. The number of aryl methyl sites for hydroxylation is 2. The zero-order chi connectivity index (χ0) is 15.4. The Morgan fingerprint density at radius 3 is 2.19 bits per heavy atom. The van der Waals surface area contributed by atoms with Crippen molar-refractivity contribution in [3.8, 4) is 5.75 Å². The maximum atomic E-state index is 5.74. The average molecular weight is 284 g/mol. The van der Waals surface area contributed by atoms with E-state index >= 15 is 0 Å². The lowest BCUT2D eigenvalue weighted by Crippen LogP contribution is -2.18. The first-order chi connectivity index (χ1) is 9.99. The van der Waals surface area contributed by atoms with Crippen molar-refractivity contribution in [2.75, 3.05) is 7.05 Å². The van der Waals surface area contributed by atoms with Crippen molar-refractivity contribution >= 4 is 0 Å². The van der Waals surface area contributed by atoms with Crippen molar-refractivity contribution in [1.82, 2.24) is 10.3 Å². The summed E-state index contributed by atoms with van der Waals surface area (Å²) in [4.78, 5) is 4.31. The molecule has 21 heavy (non-hydrogen) atoms. The number of aromatic nitrogens is 1. The zero-order valence-electron chi connectivity index (χ0n) is 13.5. The number of nitrogens with zero attached hydrogens (tertiary/aromatic N) is 1. The number of rotatable bonds is 5. The van der Waals surface area contributed by atoms with Gasteiger partial charge in [0.25, 0.3) is 0 Å². The number of benzene rings is 1. The second-order valence-corrected chi connectivity index (χ2v) is 5.76. The molecule has 2 aromatic rings. The van der Waals surface area contributed by atoms with Gasteiger partial charge in [-0.05, 0) is 51.9 Å². The van der Waals surface area contributed by atoms with Crippen LogP contribution in [0.1, 0.15) is 42.1 Å². The molecule has 0 saturated heterocycles. The predicted octanol–water partition coefficient (Wildman–Crippen LogP) is 3.79. The molecular weight excluding hydrogens is 260 g/mol. The van der Waals surface area contributed by atoms with Crippen LogP contribution >= 0.6 is 0 Å². The van der Waals surface area contributed by atoms with E-state index < -0.39 is 0 Å². The third-order valence-electron chi connectivity index (χ3n) is 3.31. The number of pyridine rings is 1. The number of ether oxygens (including phenoxy) is 1. The van der Waals surface area contributed by atoms with Gasteiger partial charge in [-0.2, -0.15) is 0 Å². The second-order valence-electron chi connectivity index (χ2n) is 5.76. The maximum Gasteiger partial charge on any atom is 0.138 e. The molecule has 0 aliphatic carbocycles. The lowest BCUT2D eigenvalue weighted by atomic mass is 9.97. The quantitative estimate of drug-likeness (QED) is 0.907. The van der Waals surface area contributed by atoms with Gasteiger partial charge in [-0.1, -0.05) is 29.3 Å². The molecule has 1 N–H and O–H groups in total. The Bertz CT molecular complexity index is 588. The fourth-order valence-corrected chi connectivity index (χ4v) is 2.63. The van der Waals surface area contributed by atoms with Crippen molar-refractivity contribution in [3.63, 3.8) is 0 Å². The molecule has 1 atom stereocenters. The third-order valence-corrected chi connectivity index (χ3v) is 3.31. The van der Waals surface area contributed by atoms with E-state index in [1.54, 1.807) is 6.20 Å². The topological polar surface area (TPSA) is 34.2 Å². The van der Waals surface area contributed by atoms with Crippen molar-refractivity contribution in [3.05, 3.63) is 58.9 Å². The van der Waals surface area contributed by atoms with E-state index in [-0.39, 0.29) is 12.1 Å². The van der Waals surface area contributed by atoms with Crippen molar-refractivity contribution in [2.24, 2.45) is 0 Å². The minimum Gasteiger partial charge on any atom is -0.489 e. The summed E-state index contributed by atoms with van der Waals surface area (Å²) in [6, 6.07) is 8.79. The van der Waals surface area contributed by atoms with Crippen LogP contribution < -0.4 is 10.1 Å². The van der Waals surface area contributed by atoms with Crippen molar-refractivity contribution in [2.45, 2.75) is 39.8 Å². The molecule has 0 amide bonds. The molecule has 2 rings (SSSR count). The first-order valence-corrected chi connectivity index (χ1v) is 7.36. The Labute approximate surface area is 127 Å². The molecule has 0 fully saturated rings. The Balaban J connectivity index is 2.36. The standard InChI is InChI=1S/C18H24N2O/c1-12(2)21-17-9-16(10-20-11-17)18(19-5)15-7-13(3)6-14(4)8-15/h6-12,18-19H,1-5H3. The van der Waals surface area contributed by atoms with Gasteiger partial charge in [0.15, 0.2) is 0 Å². The van der Waals surface area contributed by atoms with Gasteiger partial charge >= 0.3 is 0 Å². The van der Waals surface area contributed by atoms with Gasteiger partial charge in [0.1, 0.15) is 5.75 Å². The molecule has 1 heterocycles. The molecule has 3 nitrogen and oxygen atoms in total. The lowest BCUT2D eigenvalue weighted by Gasteiger charge is -2.19. The average Bonchev–Trinajstić information content (AvgIpc) is 2.38. The van der Waals surface area contributed by atoms with Gasteiger partial charge < -0.3 is 10.1 Å². The highest BCUT2D eigenvalue weighted by Crippen LogP contribution is 2.26. The molecule has 0 radical (unpaired) electrons. The maximum absolute atomic E-state index is 5.74. The van der Waals surface area contributed by atoms with Gasteiger partial charge in [-0.15, -0.1) is 0 Å². The summed E-state index contributed by atoms with van der Waals surface area (Å²) in [5, 5.41) is 3.37.